The summed E-state index contributed by atoms with van der Waals surface area (Å²) in [6.07, 6.45) is 6.58. The van der Waals surface area contributed by atoms with Crippen LogP contribution in [0.4, 0.5) is 5.82 Å². The number of imidazole rings is 1. The highest BCUT2D eigenvalue weighted by atomic mass is 16.5. The van der Waals surface area contributed by atoms with Crippen LogP contribution in [-0.4, -0.2) is 51.4 Å². The van der Waals surface area contributed by atoms with Gasteiger partial charge in [-0.2, -0.15) is 0 Å². The average molecular weight is 428 g/mol. The van der Waals surface area contributed by atoms with Crippen LogP contribution in [0.5, 0.6) is 0 Å². The topological polar surface area (TPSA) is 85.2 Å². The summed E-state index contributed by atoms with van der Waals surface area (Å²) in [5.74, 6) is 1.66. The van der Waals surface area contributed by atoms with Gasteiger partial charge in [0.05, 0.1) is 25.0 Å². The zero-order valence-electron chi connectivity index (χ0n) is 18.0. The number of morpholine rings is 1. The van der Waals surface area contributed by atoms with E-state index in [-0.39, 0.29) is 5.91 Å². The van der Waals surface area contributed by atoms with E-state index in [9.17, 15) is 4.79 Å². The Morgan fingerprint density at radius 2 is 1.94 bits per heavy atom. The van der Waals surface area contributed by atoms with Gasteiger partial charge in [0.2, 0.25) is 0 Å². The van der Waals surface area contributed by atoms with Crippen LogP contribution in [0.15, 0.2) is 61.2 Å². The molecule has 8 nitrogen and oxygen atoms in total. The fourth-order valence-corrected chi connectivity index (χ4v) is 3.91. The monoisotopic (exact) mass is 428 g/mol. The molecule has 0 radical (unpaired) electrons. The number of benzene rings is 1. The minimum atomic E-state index is -0.411. The molecule has 1 fully saturated rings. The van der Waals surface area contributed by atoms with Crippen LogP contribution in [-0.2, 0) is 11.8 Å². The van der Waals surface area contributed by atoms with Crippen LogP contribution in [0.1, 0.15) is 16.2 Å². The highest BCUT2D eigenvalue weighted by Gasteiger charge is 2.23. The molecule has 1 saturated heterocycles. The Balaban J connectivity index is 1.36. The van der Waals surface area contributed by atoms with Gasteiger partial charge in [-0.05, 0) is 36.6 Å². The van der Waals surface area contributed by atoms with E-state index in [2.05, 4.69) is 54.0 Å². The number of anilines is 1. The number of rotatable bonds is 4. The van der Waals surface area contributed by atoms with Crippen LogP contribution in [0.2, 0.25) is 0 Å². The summed E-state index contributed by atoms with van der Waals surface area (Å²) in [6.45, 7) is 3.74. The van der Waals surface area contributed by atoms with Crippen molar-refractivity contribution in [1.29, 1.82) is 0 Å². The fourth-order valence-electron chi connectivity index (χ4n) is 3.91. The van der Waals surface area contributed by atoms with Crippen LogP contribution in [0.25, 0.3) is 22.0 Å². The number of fused-ring (bicyclic) bond motifs is 1. The van der Waals surface area contributed by atoms with Crippen molar-refractivity contribution in [3.05, 3.63) is 72.6 Å². The first kappa shape index (κ1) is 20.1. The predicted molar refractivity (Wildman–Crippen MR) is 122 cm³/mol. The summed E-state index contributed by atoms with van der Waals surface area (Å²) in [5.41, 5.74) is 2.75. The second-order valence-electron chi connectivity index (χ2n) is 7.87. The van der Waals surface area contributed by atoms with Crippen molar-refractivity contribution in [3.63, 3.8) is 0 Å². The summed E-state index contributed by atoms with van der Waals surface area (Å²) in [5, 5.41) is 5.13. The maximum absolute atomic E-state index is 12.5. The van der Waals surface area contributed by atoms with Gasteiger partial charge >= 0.3 is 0 Å². The van der Waals surface area contributed by atoms with Gasteiger partial charge in [0.1, 0.15) is 17.9 Å². The Morgan fingerprint density at radius 3 is 2.72 bits per heavy atom. The zero-order valence-corrected chi connectivity index (χ0v) is 18.0. The Labute approximate surface area is 185 Å². The average Bonchev–Trinajstić information content (AvgIpc) is 3.17. The van der Waals surface area contributed by atoms with Crippen LogP contribution >= 0.6 is 0 Å². The molecule has 5 rings (SSSR count). The Bertz CT molecular complexity index is 1270. The number of amides is 1. The van der Waals surface area contributed by atoms with Crippen LogP contribution < -0.4 is 10.2 Å². The summed E-state index contributed by atoms with van der Waals surface area (Å²) in [7, 11) is 2.02. The second-order valence-corrected chi connectivity index (χ2v) is 7.87. The van der Waals surface area contributed by atoms with Crippen molar-refractivity contribution >= 4 is 22.5 Å². The molecule has 1 unspecified atom stereocenters. The number of nitrogens with one attached hydrogen (secondary N) is 1. The van der Waals surface area contributed by atoms with E-state index >= 15 is 0 Å². The maximum Gasteiger partial charge on any atom is 0.253 e. The van der Waals surface area contributed by atoms with E-state index in [1.54, 1.807) is 24.5 Å². The molecule has 3 aromatic heterocycles. The third kappa shape index (κ3) is 3.92. The first-order chi connectivity index (χ1) is 15.6. The molecule has 1 aliphatic rings. The summed E-state index contributed by atoms with van der Waals surface area (Å²) >= 11 is 0. The molecular formula is C24H24N6O2. The van der Waals surface area contributed by atoms with Crippen LogP contribution in [0, 0.1) is 6.92 Å². The van der Waals surface area contributed by atoms with Gasteiger partial charge in [-0.3, -0.25) is 9.78 Å². The van der Waals surface area contributed by atoms with Gasteiger partial charge in [0.25, 0.3) is 5.91 Å². The Kier molecular flexibility index (Phi) is 5.28. The molecule has 4 heterocycles. The van der Waals surface area contributed by atoms with Gasteiger partial charge in [-0.1, -0.05) is 12.1 Å². The number of carbonyl (C=O) groups is 1. The summed E-state index contributed by atoms with van der Waals surface area (Å²) < 4.78 is 7.86. The first-order valence-corrected chi connectivity index (χ1v) is 10.5. The van der Waals surface area contributed by atoms with E-state index < -0.39 is 6.23 Å². The molecule has 0 spiro atoms. The lowest BCUT2D eigenvalue weighted by Gasteiger charge is -2.34. The van der Waals surface area contributed by atoms with Gasteiger partial charge in [0.15, 0.2) is 0 Å². The third-order valence-electron chi connectivity index (χ3n) is 5.85. The number of ether oxygens (including phenoxy) is 1. The molecule has 1 amide bonds. The molecule has 1 atom stereocenters. The zero-order chi connectivity index (χ0) is 22.1. The lowest BCUT2D eigenvalue weighted by atomic mass is 10.1. The number of hydrogen-bond donors (Lipinski definition) is 1. The lowest BCUT2D eigenvalue weighted by molar-refractivity contribution is 0.0180. The number of aryl methyl sites for hydroxylation is 1. The molecule has 162 valence electrons. The molecule has 0 bridgehead atoms. The van der Waals surface area contributed by atoms with Crippen molar-refractivity contribution < 1.29 is 9.53 Å². The molecule has 1 N–H and O–H groups in total. The van der Waals surface area contributed by atoms with E-state index in [1.165, 1.54) is 0 Å². The predicted octanol–water partition coefficient (Wildman–Crippen LogP) is 2.93. The second kappa shape index (κ2) is 8.39. The highest BCUT2D eigenvalue weighted by molar-refractivity contribution is 5.94. The maximum atomic E-state index is 12.5. The normalized spacial score (nSPS) is 16.3. The summed E-state index contributed by atoms with van der Waals surface area (Å²) in [4.78, 5) is 27.6. The fraction of sp³-hybridized carbons (Fsp3) is 0.250. The molecule has 4 aromatic rings. The molecule has 8 heteroatoms. The standard InChI is InChI=1S/C24H24N6O2/c1-16-26-14-21(29(16)2)18-3-4-19-13-27-22(12-20(19)11-18)30-9-10-32-23(15-30)28-24(31)17-5-7-25-8-6-17/h3-8,11-14,23H,9-10,15H2,1-2H3,(H,28,31). The minimum absolute atomic E-state index is 0.179. The molecule has 0 saturated carbocycles. The van der Waals surface area contributed by atoms with E-state index in [0.717, 1.165) is 33.7 Å². The number of carbonyl (C=O) groups excluding carboxylic acids is 1. The number of pyridine rings is 2. The molecule has 1 aliphatic heterocycles. The van der Waals surface area contributed by atoms with Gasteiger partial charge < -0.3 is 19.5 Å². The quantitative estimate of drug-likeness (QED) is 0.538. The summed E-state index contributed by atoms with van der Waals surface area (Å²) in [6, 6.07) is 11.8. The lowest BCUT2D eigenvalue weighted by Crippen LogP contribution is -2.51. The van der Waals surface area contributed by atoms with E-state index in [1.807, 2.05) is 26.4 Å². The molecular weight excluding hydrogens is 404 g/mol. The number of nitrogens with zero attached hydrogens (tertiary/aromatic N) is 5. The molecule has 32 heavy (non-hydrogen) atoms. The Hall–Kier alpha value is -3.78. The molecule has 0 aliphatic carbocycles. The first-order valence-electron chi connectivity index (χ1n) is 10.5. The van der Waals surface area contributed by atoms with Crippen LogP contribution in [0.3, 0.4) is 0 Å². The highest BCUT2D eigenvalue weighted by Crippen LogP contribution is 2.27. The third-order valence-corrected chi connectivity index (χ3v) is 5.85. The van der Waals surface area contributed by atoms with Crippen molar-refractivity contribution in [2.24, 2.45) is 7.05 Å². The van der Waals surface area contributed by atoms with Gasteiger partial charge in [-0.25, -0.2) is 9.97 Å². The van der Waals surface area contributed by atoms with Crippen molar-refractivity contribution in [2.75, 3.05) is 24.6 Å². The largest absolute Gasteiger partial charge is 0.355 e. The van der Waals surface area contributed by atoms with Crippen molar-refractivity contribution in [3.8, 4) is 11.3 Å². The smallest absolute Gasteiger partial charge is 0.253 e. The van der Waals surface area contributed by atoms with E-state index in [4.69, 9.17) is 4.74 Å². The van der Waals surface area contributed by atoms with Crippen molar-refractivity contribution in [1.82, 2.24) is 24.8 Å². The van der Waals surface area contributed by atoms with E-state index in [0.29, 0.717) is 25.3 Å². The van der Waals surface area contributed by atoms with Gasteiger partial charge in [0, 0.05) is 48.7 Å². The minimum Gasteiger partial charge on any atom is -0.355 e. The number of aromatic nitrogens is 4. The molecule has 1 aromatic carbocycles. The van der Waals surface area contributed by atoms with Gasteiger partial charge in [-0.15, -0.1) is 0 Å². The number of hydrogen-bond acceptors (Lipinski definition) is 6. The Morgan fingerprint density at radius 1 is 1.09 bits per heavy atom. The SMILES string of the molecule is Cc1ncc(-c2ccc3cnc(N4CCOC(NC(=O)c5ccncc5)C4)cc3c2)n1C. The van der Waals surface area contributed by atoms with Crippen molar-refractivity contribution in [2.45, 2.75) is 13.2 Å².